The van der Waals surface area contributed by atoms with Crippen molar-refractivity contribution in [1.82, 2.24) is 16.1 Å². The molecule has 0 rings (SSSR count). The topological polar surface area (TPSA) is 48.5 Å². The largest absolute Gasteiger partial charge is 0.311 e. The summed E-state index contributed by atoms with van der Waals surface area (Å²) in [7, 11) is 1.90. The van der Waals surface area contributed by atoms with E-state index in [1.807, 2.05) is 14.0 Å². The van der Waals surface area contributed by atoms with Crippen LogP contribution in [0.1, 0.15) is 6.92 Å². The van der Waals surface area contributed by atoms with Crippen LogP contribution in [0.2, 0.25) is 0 Å². The molecule has 0 aromatic rings. The zero-order chi connectivity index (χ0) is 7.66. The molecule has 10 heavy (non-hydrogen) atoms. The molecule has 0 heterocycles. The Morgan fingerprint density at radius 1 is 1.50 bits per heavy atom. The highest BCUT2D eigenvalue weighted by Gasteiger charge is 1.76. The lowest BCUT2D eigenvalue weighted by atomic mass is 10.7. The average molecular weight is 144 g/mol. The molecule has 0 aliphatic rings. The highest BCUT2D eigenvalue weighted by Crippen LogP contribution is 1.55. The number of nitrogens with one attached hydrogen (secondary N) is 3. The van der Waals surface area contributed by atoms with Gasteiger partial charge in [-0.05, 0) is 14.0 Å². The Bertz CT molecular complexity index is 81.8. The van der Waals surface area contributed by atoms with E-state index >= 15 is 0 Å². The van der Waals surface area contributed by atoms with E-state index in [0.29, 0.717) is 0 Å². The third-order valence-corrected chi connectivity index (χ3v) is 0.878. The minimum absolute atomic E-state index is 0.799. The molecule has 0 bridgehead atoms. The maximum Gasteiger partial charge on any atom is 0.0454 e. The molecule has 0 unspecified atom stereocenters. The Morgan fingerprint density at radius 2 is 2.30 bits per heavy atom. The minimum atomic E-state index is 0.799. The van der Waals surface area contributed by atoms with E-state index in [4.69, 9.17) is 0 Å². The molecule has 0 amide bonds. The molecule has 4 nitrogen and oxygen atoms in total. The summed E-state index contributed by atoms with van der Waals surface area (Å²) < 4.78 is 0. The van der Waals surface area contributed by atoms with Crippen molar-refractivity contribution < 1.29 is 0 Å². The Balaban J connectivity index is 2.88. The molecular formula is C6H16N4. The van der Waals surface area contributed by atoms with Crippen LogP contribution in [0, 0.1) is 0 Å². The van der Waals surface area contributed by atoms with Crippen molar-refractivity contribution in [3.63, 3.8) is 0 Å². The molecule has 0 aliphatic carbocycles. The fourth-order valence-electron chi connectivity index (χ4n) is 0.463. The highest BCUT2D eigenvalue weighted by atomic mass is 15.3. The number of hydrogen-bond acceptors (Lipinski definition) is 4. The van der Waals surface area contributed by atoms with Gasteiger partial charge in [-0.25, -0.2) is 0 Å². The van der Waals surface area contributed by atoms with E-state index < -0.39 is 0 Å². The smallest absolute Gasteiger partial charge is 0.0454 e. The zero-order valence-electron chi connectivity index (χ0n) is 6.65. The lowest BCUT2D eigenvalue weighted by Crippen LogP contribution is -2.27. The van der Waals surface area contributed by atoms with Crippen LogP contribution in [0.4, 0.5) is 0 Å². The summed E-state index contributed by atoms with van der Waals surface area (Å²) in [4.78, 5) is 0. The molecule has 3 N–H and O–H groups in total. The van der Waals surface area contributed by atoms with Crippen molar-refractivity contribution in [2.24, 2.45) is 5.10 Å². The quantitative estimate of drug-likeness (QED) is 0.201. The fraction of sp³-hybridized carbons (Fsp3) is 0.833. The van der Waals surface area contributed by atoms with Crippen LogP contribution in [0.5, 0.6) is 0 Å². The second kappa shape index (κ2) is 8.39. The predicted molar refractivity (Wildman–Crippen MR) is 44.1 cm³/mol. The van der Waals surface area contributed by atoms with Crippen molar-refractivity contribution in [2.45, 2.75) is 6.92 Å². The van der Waals surface area contributed by atoms with Crippen molar-refractivity contribution in [2.75, 3.05) is 26.8 Å². The van der Waals surface area contributed by atoms with Gasteiger partial charge in [-0.1, -0.05) is 0 Å². The van der Waals surface area contributed by atoms with E-state index in [1.165, 1.54) is 0 Å². The van der Waals surface area contributed by atoms with E-state index in [2.05, 4.69) is 21.2 Å². The van der Waals surface area contributed by atoms with Gasteiger partial charge in [-0.3, -0.25) is 5.32 Å². The molecule has 0 saturated carbocycles. The normalized spacial score (nSPS) is 10.6. The average Bonchev–Trinajstić information content (AvgIpc) is 1.97. The number of hydrogen-bond donors (Lipinski definition) is 3. The van der Waals surface area contributed by atoms with Crippen LogP contribution < -0.4 is 16.1 Å². The van der Waals surface area contributed by atoms with Gasteiger partial charge >= 0.3 is 0 Å². The van der Waals surface area contributed by atoms with Gasteiger partial charge in [0.2, 0.25) is 0 Å². The zero-order valence-corrected chi connectivity index (χ0v) is 6.65. The van der Waals surface area contributed by atoms with Crippen molar-refractivity contribution in [1.29, 1.82) is 0 Å². The summed E-state index contributed by atoms with van der Waals surface area (Å²) >= 11 is 0. The van der Waals surface area contributed by atoms with Crippen LogP contribution in [-0.4, -0.2) is 33.0 Å². The Hall–Kier alpha value is -0.610. The summed E-state index contributed by atoms with van der Waals surface area (Å²) in [5, 5.41) is 9.96. The maximum absolute atomic E-state index is 3.90. The number of hydrazone groups is 1. The summed E-state index contributed by atoms with van der Waals surface area (Å²) in [6.07, 6.45) is 1.81. The van der Waals surface area contributed by atoms with Crippen LogP contribution in [0.3, 0.4) is 0 Å². The van der Waals surface area contributed by atoms with E-state index in [9.17, 15) is 0 Å². The molecule has 0 aliphatic heterocycles. The summed E-state index contributed by atoms with van der Waals surface area (Å²) in [6, 6.07) is 0. The lowest BCUT2D eigenvalue weighted by molar-refractivity contribution is 0.683. The molecule has 0 atom stereocenters. The highest BCUT2D eigenvalue weighted by molar-refractivity contribution is 5.59. The van der Waals surface area contributed by atoms with Gasteiger partial charge in [0.05, 0.1) is 0 Å². The first kappa shape index (κ1) is 9.39. The molecule has 60 valence electrons. The first-order valence-electron chi connectivity index (χ1n) is 3.51. The van der Waals surface area contributed by atoms with Crippen LogP contribution in [-0.2, 0) is 0 Å². The number of nitrogens with zero attached hydrogens (tertiary/aromatic N) is 1. The Labute approximate surface area is 62.1 Å². The van der Waals surface area contributed by atoms with E-state index in [0.717, 1.165) is 19.8 Å². The van der Waals surface area contributed by atoms with Crippen molar-refractivity contribution in [3.05, 3.63) is 0 Å². The summed E-state index contributed by atoms with van der Waals surface area (Å²) in [5.74, 6) is 0. The Morgan fingerprint density at radius 3 is 2.90 bits per heavy atom. The SMILES string of the molecule is CCN/N=C\CNCNC. The van der Waals surface area contributed by atoms with Gasteiger partial charge in [-0.15, -0.1) is 0 Å². The van der Waals surface area contributed by atoms with E-state index in [-0.39, 0.29) is 0 Å². The second-order valence-electron chi connectivity index (χ2n) is 1.81. The van der Waals surface area contributed by atoms with Gasteiger partial charge in [-0.2, -0.15) is 5.10 Å². The van der Waals surface area contributed by atoms with Crippen LogP contribution in [0.25, 0.3) is 0 Å². The maximum atomic E-state index is 3.90. The van der Waals surface area contributed by atoms with Crippen molar-refractivity contribution in [3.8, 4) is 0 Å². The molecule has 0 radical (unpaired) electrons. The predicted octanol–water partition coefficient (Wildman–Crippen LogP) is -0.652. The summed E-state index contributed by atoms with van der Waals surface area (Å²) in [5.41, 5.74) is 2.83. The molecule has 0 aromatic carbocycles. The summed E-state index contributed by atoms with van der Waals surface area (Å²) in [6.45, 7) is 4.51. The van der Waals surface area contributed by atoms with Gasteiger partial charge in [0, 0.05) is 26.0 Å². The molecular weight excluding hydrogens is 128 g/mol. The Kier molecular flexibility index (Phi) is 7.88. The van der Waals surface area contributed by atoms with E-state index in [1.54, 1.807) is 6.21 Å². The van der Waals surface area contributed by atoms with Gasteiger partial charge in [0.25, 0.3) is 0 Å². The molecule has 0 spiro atoms. The first-order valence-corrected chi connectivity index (χ1v) is 3.51. The number of rotatable bonds is 6. The molecule has 0 fully saturated rings. The van der Waals surface area contributed by atoms with Gasteiger partial charge in [0.15, 0.2) is 0 Å². The third-order valence-electron chi connectivity index (χ3n) is 0.878. The standard InChI is InChI=1S/C6H16N4/c1-3-9-10-5-4-8-6-7-2/h5,7-9H,3-4,6H2,1-2H3/b10-5-. The first-order chi connectivity index (χ1) is 4.91. The molecule has 0 saturated heterocycles. The van der Waals surface area contributed by atoms with Crippen LogP contribution >= 0.6 is 0 Å². The monoisotopic (exact) mass is 144 g/mol. The van der Waals surface area contributed by atoms with Gasteiger partial charge in [0.1, 0.15) is 0 Å². The third kappa shape index (κ3) is 7.39. The molecule has 0 aromatic heterocycles. The fourth-order valence-corrected chi connectivity index (χ4v) is 0.463. The minimum Gasteiger partial charge on any atom is -0.311 e. The molecule has 4 heteroatoms. The van der Waals surface area contributed by atoms with Crippen molar-refractivity contribution >= 4 is 6.21 Å². The van der Waals surface area contributed by atoms with Gasteiger partial charge < -0.3 is 10.7 Å². The lowest BCUT2D eigenvalue weighted by Gasteiger charge is -1.97. The van der Waals surface area contributed by atoms with Crippen LogP contribution in [0.15, 0.2) is 5.10 Å². The second-order valence-corrected chi connectivity index (χ2v) is 1.81.